The molecular formula is C25H16Cl2N2O3S. The smallest absolute Gasteiger partial charge is 0.334 e. The van der Waals surface area contributed by atoms with Crippen LogP contribution < -0.4 is 16.0 Å². The van der Waals surface area contributed by atoms with Gasteiger partial charge in [-0.25, -0.2) is 9.36 Å². The van der Waals surface area contributed by atoms with Crippen LogP contribution >= 0.6 is 34.5 Å². The number of nitrogens with one attached hydrogen (secondary N) is 1. The molecule has 0 saturated carbocycles. The van der Waals surface area contributed by atoms with Gasteiger partial charge in [0.25, 0.3) is 5.56 Å². The van der Waals surface area contributed by atoms with Gasteiger partial charge in [-0.2, -0.15) is 0 Å². The van der Waals surface area contributed by atoms with Crippen LogP contribution in [0.15, 0.2) is 81.7 Å². The van der Waals surface area contributed by atoms with E-state index in [0.29, 0.717) is 31.7 Å². The highest BCUT2D eigenvalue weighted by molar-refractivity contribution is 7.17. The minimum absolute atomic E-state index is 0.386. The molecule has 0 amide bonds. The van der Waals surface area contributed by atoms with Gasteiger partial charge in [-0.3, -0.25) is 9.78 Å². The van der Waals surface area contributed by atoms with Crippen molar-refractivity contribution >= 4 is 44.8 Å². The van der Waals surface area contributed by atoms with E-state index in [9.17, 15) is 9.59 Å². The van der Waals surface area contributed by atoms with Crippen LogP contribution in [0.5, 0.6) is 5.75 Å². The van der Waals surface area contributed by atoms with E-state index in [1.165, 1.54) is 18.4 Å². The molecule has 2 aromatic heterocycles. The molecule has 0 radical (unpaired) electrons. The molecule has 5 aromatic rings. The van der Waals surface area contributed by atoms with Crippen LogP contribution in [0.4, 0.5) is 0 Å². The van der Waals surface area contributed by atoms with E-state index in [1.807, 2.05) is 35.7 Å². The maximum absolute atomic E-state index is 13.4. The standard InChI is InChI=1S/C25H16Cl2N2O3S/c1-32-18-4-2-3-17(12-18)29-24(30)22-20(13-33-23(22)28-25(29)31)15-7-5-14(6-8-15)19-10-9-16(26)11-21(19)27/h2-13H,1H3,(H,28,31). The third kappa shape index (κ3) is 3.86. The van der Waals surface area contributed by atoms with E-state index < -0.39 is 5.69 Å². The Balaban J connectivity index is 1.64. The second kappa shape index (κ2) is 8.56. The van der Waals surface area contributed by atoms with Gasteiger partial charge in [-0.15, -0.1) is 11.3 Å². The van der Waals surface area contributed by atoms with Gasteiger partial charge < -0.3 is 4.74 Å². The van der Waals surface area contributed by atoms with E-state index in [-0.39, 0.29) is 5.56 Å². The first-order valence-corrected chi connectivity index (χ1v) is 11.6. The Morgan fingerprint density at radius 1 is 0.909 bits per heavy atom. The summed E-state index contributed by atoms with van der Waals surface area (Å²) in [4.78, 5) is 29.5. The van der Waals surface area contributed by atoms with Gasteiger partial charge in [0.15, 0.2) is 0 Å². The monoisotopic (exact) mass is 494 g/mol. The van der Waals surface area contributed by atoms with Crippen LogP contribution in [0.25, 0.3) is 38.2 Å². The molecule has 0 aliphatic rings. The molecule has 1 N–H and O–H groups in total. The molecule has 5 rings (SSSR count). The average Bonchev–Trinajstić information content (AvgIpc) is 3.23. The molecule has 3 aromatic carbocycles. The second-order valence-corrected chi connectivity index (χ2v) is 9.05. The number of thiophene rings is 1. The Bertz CT molecular complexity index is 1620. The number of rotatable bonds is 4. The number of halogens is 2. The van der Waals surface area contributed by atoms with Gasteiger partial charge in [-0.05, 0) is 35.4 Å². The van der Waals surface area contributed by atoms with Gasteiger partial charge in [0, 0.05) is 32.6 Å². The maximum Gasteiger partial charge on any atom is 0.334 e. The van der Waals surface area contributed by atoms with Crippen LogP contribution in [-0.4, -0.2) is 16.7 Å². The number of benzene rings is 3. The predicted molar refractivity (Wildman–Crippen MR) is 135 cm³/mol. The lowest BCUT2D eigenvalue weighted by Gasteiger charge is -2.08. The number of fused-ring (bicyclic) bond motifs is 1. The topological polar surface area (TPSA) is 64.1 Å². The zero-order valence-electron chi connectivity index (χ0n) is 17.3. The molecular weight excluding hydrogens is 479 g/mol. The lowest BCUT2D eigenvalue weighted by molar-refractivity contribution is 0.414. The van der Waals surface area contributed by atoms with Gasteiger partial charge in [0.05, 0.1) is 18.2 Å². The van der Waals surface area contributed by atoms with E-state index in [4.69, 9.17) is 27.9 Å². The van der Waals surface area contributed by atoms with Crippen LogP contribution in [0.1, 0.15) is 0 Å². The Labute approximate surface area is 202 Å². The summed E-state index contributed by atoms with van der Waals surface area (Å²) in [5.74, 6) is 0.556. The molecule has 33 heavy (non-hydrogen) atoms. The SMILES string of the molecule is COc1cccc(-n2c(=O)[nH]c3scc(-c4ccc(-c5ccc(Cl)cc5Cl)cc4)c3c2=O)c1. The molecule has 8 heteroatoms. The fraction of sp³-hybridized carbons (Fsp3) is 0.0400. The fourth-order valence-corrected chi connectivity index (χ4v) is 5.24. The Morgan fingerprint density at radius 3 is 2.33 bits per heavy atom. The summed E-state index contributed by atoms with van der Waals surface area (Å²) >= 11 is 13.7. The van der Waals surface area contributed by atoms with E-state index in [1.54, 1.807) is 36.4 Å². The van der Waals surface area contributed by atoms with Crippen molar-refractivity contribution in [1.29, 1.82) is 0 Å². The van der Waals surface area contributed by atoms with Crippen LogP contribution in [-0.2, 0) is 0 Å². The molecule has 5 nitrogen and oxygen atoms in total. The Hall–Kier alpha value is -3.32. The van der Waals surface area contributed by atoms with E-state index >= 15 is 0 Å². The third-order valence-corrected chi connectivity index (χ3v) is 6.82. The van der Waals surface area contributed by atoms with Crippen LogP contribution in [0, 0.1) is 0 Å². The highest BCUT2D eigenvalue weighted by Crippen LogP contribution is 2.34. The van der Waals surface area contributed by atoms with Gasteiger partial charge >= 0.3 is 5.69 Å². The summed E-state index contributed by atoms with van der Waals surface area (Å²) < 4.78 is 6.37. The molecule has 0 unspecified atom stereocenters. The summed E-state index contributed by atoms with van der Waals surface area (Å²) in [6, 6.07) is 20.0. The molecule has 0 saturated heterocycles. The van der Waals surface area contributed by atoms with Gasteiger partial charge in [-0.1, -0.05) is 59.6 Å². The summed E-state index contributed by atoms with van der Waals surface area (Å²) in [5.41, 5.74) is 2.96. The molecule has 0 fully saturated rings. The first kappa shape index (κ1) is 21.5. The molecule has 0 aliphatic carbocycles. The largest absolute Gasteiger partial charge is 0.497 e. The normalized spacial score (nSPS) is 11.1. The third-order valence-electron chi connectivity index (χ3n) is 5.38. The number of methoxy groups -OCH3 is 1. The lowest BCUT2D eigenvalue weighted by atomic mass is 10.0. The van der Waals surface area contributed by atoms with Crippen molar-refractivity contribution in [3.05, 3.63) is 103 Å². The second-order valence-electron chi connectivity index (χ2n) is 7.33. The van der Waals surface area contributed by atoms with Crippen LogP contribution in [0.2, 0.25) is 10.0 Å². The summed E-state index contributed by atoms with van der Waals surface area (Å²) in [5, 5.41) is 3.48. The highest BCUT2D eigenvalue weighted by Gasteiger charge is 2.16. The van der Waals surface area contributed by atoms with E-state index in [2.05, 4.69) is 4.98 Å². The number of ether oxygens (including phenoxy) is 1. The number of H-pyrrole nitrogens is 1. The average molecular weight is 495 g/mol. The molecule has 0 atom stereocenters. The minimum Gasteiger partial charge on any atom is -0.497 e. The molecule has 0 aliphatic heterocycles. The van der Waals surface area contributed by atoms with Crippen molar-refractivity contribution in [3.8, 4) is 33.7 Å². The van der Waals surface area contributed by atoms with Crippen molar-refractivity contribution in [2.24, 2.45) is 0 Å². The Morgan fingerprint density at radius 2 is 1.64 bits per heavy atom. The minimum atomic E-state index is -0.498. The summed E-state index contributed by atoms with van der Waals surface area (Å²) in [7, 11) is 1.53. The zero-order valence-corrected chi connectivity index (χ0v) is 19.6. The van der Waals surface area contributed by atoms with Crippen LogP contribution in [0.3, 0.4) is 0 Å². The first-order valence-electron chi connectivity index (χ1n) is 9.93. The number of aromatic nitrogens is 2. The predicted octanol–water partition coefficient (Wildman–Crippen LogP) is 6.39. The zero-order chi connectivity index (χ0) is 23.1. The number of hydrogen-bond acceptors (Lipinski definition) is 4. The van der Waals surface area contributed by atoms with Crippen molar-refractivity contribution in [1.82, 2.24) is 9.55 Å². The molecule has 2 heterocycles. The summed E-state index contributed by atoms with van der Waals surface area (Å²) in [6.45, 7) is 0. The highest BCUT2D eigenvalue weighted by atomic mass is 35.5. The number of nitrogens with zero attached hydrogens (tertiary/aromatic N) is 1. The molecule has 0 bridgehead atoms. The van der Waals surface area contributed by atoms with Crippen molar-refractivity contribution in [2.75, 3.05) is 7.11 Å². The summed E-state index contributed by atoms with van der Waals surface area (Å²) in [6.07, 6.45) is 0. The Kier molecular flexibility index (Phi) is 5.58. The van der Waals surface area contributed by atoms with E-state index in [0.717, 1.165) is 26.8 Å². The van der Waals surface area contributed by atoms with Crippen molar-refractivity contribution in [3.63, 3.8) is 0 Å². The van der Waals surface area contributed by atoms with Crippen molar-refractivity contribution < 1.29 is 4.74 Å². The lowest BCUT2D eigenvalue weighted by Crippen LogP contribution is -2.33. The molecule has 0 spiro atoms. The van der Waals surface area contributed by atoms with Gasteiger partial charge in [0.2, 0.25) is 0 Å². The molecule has 164 valence electrons. The first-order chi connectivity index (χ1) is 16.0. The quantitative estimate of drug-likeness (QED) is 0.314. The van der Waals surface area contributed by atoms with Crippen molar-refractivity contribution in [2.45, 2.75) is 0 Å². The van der Waals surface area contributed by atoms with Gasteiger partial charge in [0.1, 0.15) is 10.6 Å². The number of aromatic amines is 1. The number of hydrogen-bond donors (Lipinski definition) is 1. The fourth-order valence-electron chi connectivity index (χ4n) is 3.77. The maximum atomic E-state index is 13.4.